The van der Waals surface area contributed by atoms with Crippen molar-refractivity contribution in [1.82, 2.24) is 10.2 Å². The predicted molar refractivity (Wildman–Crippen MR) is 97.6 cm³/mol. The van der Waals surface area contributed by atoms with Crippen LogP contribution in [-0.4, -0.2) is 37.7 Å². The Morgan fingerprint density at radius 3 is 2.54 bits per heavy atom. The molecule has 26 heavy (non-hydrogen) atoms. The standard InChI is InChI=1S/C20H23N3O3/c1-20(16-10-7-11-17(12-16)26-3)18(24)23(19(25)21-20)14-22(2)13-15-8-5-4-6-9-15/h4-12H,13-14H2,1-3H3,(H,21,25)/p+1/t20-/m0/s1. The number of imide groups is 1. The molecule has 0 aromatic heterocycles. The number of urea groups is 1. The zero-order valence-electron chi connectivity index (χ0n) is 15.3. The Kier molecular flexibility index (Phi) is 4.95. The summed E-state index contributed by atoms with van der Waals surface area (Å²) in [5, 5.41) is 2.84. The minimum absolute atomic E-state index is 0.247. The van der Waals surface area contributed by atoms with Crippen LogP contribution in [0.15, 0.2) is 54.6 Å². The third-order valence-corrected chi connectivity index (χ3v) is 4.70. The fourth-order valence-electron chi connectivity index (χ4n) is 3.24. The number of nitrogens with zero attached hydrogens (tertiary/aromatic N) is 1. The summed E-state index contributed by atoms with van der Waals surface area (Å²) in [6.07, 6.45) is 0. The largest absolute Gasteiger partial charge is 0.497 e. The van der Waals surface area contributed by atoms with Crippen LogP contribution < -0.4 is 15.0 Å². The third kappa shape index (κ3) is 3.41. The molecule has 0 aliphatic carbocycles. The molecule has 2 atom stereocenters. The first kappa shape index (κ1) is 17.9. The van der Waals surface area contributed by atoms with E-state index in [0.29, 0.717) is 18.0 Å². The highest BCUT2D eigenvalue weighted by Crippen LogP contribution is 2.30. The second-order valence-corrected chi connectivity index (χ2v) is 6.80. The molecule has 0 radical (unpaired) electrons. The molecule has 1 aliphatic heterocycles. The van der Waals surface area contributed by atoms with Crippen molar-refractivity contribution in [1.29, 1.82) is 0 Å². The van der Waals surface area contributed by atoms with E-state index in [1.807, 2.05) is 55.6 Å². The van der Waals surface area contributed by atoms with Crippen molar-refractivity contribution in [2.45, 2.75) is 19.0 Å². The van der Waals surface area contributed by atoms with Gasteiger partial charge in [-0.1, -0.05) is 42.5 Å². The fraction of sp³-hybridized carbons (Fsp3) is 0.300. The Hall–Kier alpha value is -2.86. The number of hydrogen-bond acceptors (Lipinski definition) is 3. The minimum Gasteiger partial charge on any atom is -0.497 e. The summed E-state index contributed by atoms with van der Waals surface area (Å²) in [6.45, 7) is 2.77. The molecule has 1 fully saturated rings. The van der Waals surface area contributed by atoms with Crippen molar-refractivity contribution in [3.8, 4) is 5.75 Å². The molecule has 6 heteroatoms. The highest BCUT2D eigenvalue weighted by molar-refractivity contribution is 6.07. The van der Waals surface area contributed by atoms with Gasteiger partial charge >= 0.3 is 6.03 Å². The molecule has 2 N–H and O–H groups in total. The smallest absolute Gasteiger partial charge is 0.329 e. The van der Waals surface area contributed by atoms with Gasteiger partial charge in [0, 0.05) is 5.56 Å². The molecule has 3 amide bonds. The van der Waals surface area contributed by atoms with Gasteiger partial charge in [-0.3, -0.25) is 4.79 Å². The van der Waals surface area contributed by atoms with Gasteiger partial charge in [-0.05, 0) is 24.6 Å². The van der Waals surface area contributed by atoms with Crippen molar-refractivity contribution in [3.63, 3.8) is 0 Å². The van der Waals surface area contributed by atoms with Crippen molar-refractivity contribution < 1.29 is 19.2 Å². The van der Waals surface area contributed by atoms with Crippen LogP contribution in [0.2, 0.25) is 0 Å². The number of methoxy groups -OCH3 is 1. The van der Waals surface area contributed by atoms with Crippen molar-refractivity contribution in [3.05, 3.63) is 65.7 Å². The summed E-state index contributed by atoms with van der Waals surface area (Å²) in [5.74, 6) is 0.402. The lowest BCUT2D eigenvalue weighted by atomic mass is 9.92. The number of amides is 3. The number of ether oxygens (including phenoxy) is 1. The van der Waals surface area contributed by atoms with Crippen molar-refractivity contribution in [2.24, 2.45) is 0 Å². The number of hydrogen-bond donors (Lipinski definition) is 2. The van der Waals surface area contributed by atoms with Crippen LogP contribution in [0, 0.1) is 0 Å². The van der Waals surface area contributed by atoms with E-state index in [-0.39, 0.29) is 11.9 Å². The third-order valence-electron chi connectivity index (χ3n) is 4.70. The first-order valence-electron chi connectivity index (χ1n) is 8.58. The second-order valence-electron chi connectivity index (χ2n) is 6.80. The summed E-state index contributed by atoms with van der Waals surface area (Å²) in [6, 6.07) is 16.9. The van der Waals surface area contributed by atoms with E-state index in [1.165, 1.54) is 4.90 Å². The van der Waals surface area contributed by atoms with Crippen LogP contribution in [0.25, 0.3) is 0 Å². The Balaban J connectivity index is 1.75. The lowest BCUT2D eigenvalue weighted by Gasteiger charge is -2.23. The molecule has 1 aliphatic rings. The van der Waals surface area contributed by atoms with Gasteiger partial charge in [-0.2, -0.15) is 0 Å². The molecular formula is C20H24N3O3+. The molecule has 136 valence electrons. The normalized spacial score (nSPS) is 20.8. The maximum Gasteiger partial charge on any atom is 0.329 e. The van der Waals surface area contributed by atoms with Gasteiger partial charge in [0.2, 0.25) is 0 Å². The number of quaternary nitrogens is 1. The van der Waals surface area contributed by atoms with Crippen LogP contribution in [0.5, 0.6) is 5.75 Å². The van der Waals surface area contributed by atoms with Crippen LogP contribution in [0.1, 0.15) is 18.1 Å². The summed E-state index contributed by atoms with van der Waals surface area (Å²) in [5.41, 5.74) is 0.782. The zero-order chi connectivity index (χ0) is 18.7. The van der Waals surface area contributed by atoms with Gasteiger partial charge in [-0.25, -0.2) is 9.69 Å². The fourth-order valence-corrected chi connectivity index (χ4v) is 3.24. The Labute approximate surface area is 153 Å². The predicted octanol–water partition coefficient (Wildman–Crippen LogP) is 1.13. The van der Waals surface area contributed by atoms with E-state index in [4.69, 9.17) is 4.74 Å². The quantitative estimate of drug-likeness (QED) is 0.765. The topological polar surface area (TPSA) is 63.1 Å². The van der Waals surface area contributed by atoms with Gasteiger partial charge in [-0.15, -0.1) is 0 Å². The number of carbonyl (C=O) groups excluding carboxylic acids is 2. The molecule has 1 unspecified atom stereocenters. The highest BCUT2D eigenvalue weighted by Gasteiger charge is 2.50. The number of rotatable bonds is 6. The zero-order valence-corrected chi connectivity index (χ0v) is 15.3. The van der Waals surface area contributed by atoms with E-state index in [0.717, 1.165) is 17.0 Å². The average molecular weight is 354 g/mol. The minimum atomic E-state index is -1.08. The van der Waals surface area contributed by atoms with Crippen LogP contribution in [0.3, 0.4) is 0 Å². The summed E-state index contributed by atoms with van der Waals surface area (Å²) in [7, 11) is 3.54. The SMILES string of the molecule is COc1cccc([C@]2(C)NC(=O)N(C[NH+](C)Cc3ccccc3)C2=O)c1. The second kappa shape index (κ2) is 7.17. The van der Waals surface area contributed by atoms with E-state index < -0.39 is 5.54 Å². The van der Waals surface area contributed by atoms with Gasteiger partial charge in [0.25, 0.3) is 5.91 Å². The van der Waals surface area contributed by atoms with Crippen LogP contribution >= 0.6 is 0 Å². The highest BCUT2D eigenvalue weighted by atomic mass is 16.5. The molecule has 2 aromatic rings. The van der Waals surface area contributed by atoms with Gasteiger partial charge in [0.15, 0.2) is 6.67 Å². The monoisotopic (exact) mass is 354 g/mol. The van der Waals surface area contributed by atoms with Gasteiger partial charge in [0.1, 0.15) is 17.8 Å². The summed E-state index contributed by atoms with van der Waals surface area (Å²) >= 11 is 0. The molecule has 0 saturated carbocycles. The first-order chi connectivity index (χ1) is 12.4. The first-order valence-corrected chi connectivity index (χ1v) is 8.58. The maximum atomic E-state index is 13.0. The van der Waals surface area contributed by atoms with E-state index in [9.17, 15) is 9.59 Å². The molecule has 3 rings (SSSR count). The molecule has 6 nitrogen and oxygen atoms in total. The van der Waals surface area contributed by atoms with Gasteiger partial charge < -0.3 is 15.0 Å². The van der Waals surface area contributed by atoms with Crippen LogP contribution in [-0.2, 0) is 16.9 Å². The number of nitrogens with one attached hydrogen (secondary N) is 2. The van der Waals surface area contributed by atoms with Crippen LogP contribution in [0.4, 0.5) is 4.79 Å². The lowest BCUT2D eigenvalue weighted by Crippen LogP contribution is -3.09. The van der Waals surface area contributed by atoms with E-state index >= 15 is 0 Å². The Bertz CT molecular complexity index is 809. The Morgan fingerprint density at radius 2 is 1.85 bits per heavy atom. The maximum absolute atomic E-state index is 13.0. The van der Waals surface area contributed by atoms with E-state index in [1.54, 1.807) is 20.1 Å². The number of carbonyl (C=O) groups is 2. The van der Waals surface area contributed by atoms with Gasteiger partial charge in [0.05, 0.1) is 14.2 Å². The van der Waals surface area contributed by atoms with Crippen molar-refractivity contribution in [2.75, 3.05) is 20.8 Å². The lowest BCUT2D eigenvalue weighted by molar-refractivity contribution is -0.901. The molecule has 0 bridgehead atoms. The summed E-state index contributed by atoms with van der Waals surface area (Å²) in [4.78, 5) is 27.8. The summed E-state index contributed by atoms with van der Waals surface area (Å²) < 4.78 is 5.24. The molecular weight excluding hydrogens is 330 g/mol. The molecule has 2 aromatic carbocycles. The van der Waals surface area contributed by atoms with E-state index in [2.05, 4.69) is 5.32 Å². The Morgan fingerprint density at radius 1 is 1.12 bits per heavy atom. The number of benzene rings is 2. The average Bonchev–Trinajstić information content (AvgIpc) is 2.87. The molecule has 1 saturated heterocycles. The molecule has 0 spiro atoms. The van der Waals surface area contributed by atoms with Crippen molar-refractivity contribution >= 4 is 11.9 Å². The molecule has 1 heterocycles.